The molecule has 0 saturated carbocycles. The van der Waals surface area contributed by atoms with Gasteiger partial charge in [0.15, 0.2) is 0 Å². The first-order chi connectivity index (χ1) is 8.97. The van der Waals surface area contributed by atoms with Gasteiger partial charge in [0.1, 0.15) is 0 Å². The highest BCUT2D eigenvalue weighted by Crippen LogP contribution is 2.22. The minimum absolute atomic E-state index is 0.0196. The van der Waals surface area contributed by atoms with Crippen molar-refractivity contribution >= 4 is 17.2 Å². The minimum atomic E-state index is -0.0196. The standard InChI is InChI=1S/C16H19NOS/c1-16(2,3)13-8-6-12(7-9-13)15(18)17-11-14-5-4-10-19-14/h4-10H,11H2,1-3H3,(H,17,18). The predicted octanol–water partition coefficient (Wildman–Crippen LogP) is 3.98. The Morgan fingerprint density at radius 2 is 1.84 bits per heavy atom. The molecule has 100 valence electrons. The quantitative estimate of drug-likeness (QED) is 0.900. The highest BCUT2D eigenvalue weighted by Gasteiger charge is 2.14. The van der Waals surface area contributed by atoms with E-state index in [4.69, 9.17) is 0 Å². The van der Waals surface area contributed by atoms with Crippen molar-refractivity contribution in [2.24, 2.45) is 0 Å². The molecule has 2 aromatic rings. The molecule has 19 heavy (non-hydrogen) atoms. The summed E-state index contributed by atoms with van der Waals surface area (Å²) in [6.45, 7) is 7.09. The van der Waals surface area contributed by atoms with Gasteiger partial charge in [0.2, 0.25) is 0 Å². The van der Waals surface area contributed by atoms with Crippen LogP contribution in [0.15, 0.2) is 41.8 Å². The van der Waals surface area contributed by atoms with E-state index in [2.05, 4.69) is 26.1 Å². The number of nitrogens with one attached hydrogen (secondary N) is 1. The summed E-state index contributed by atoms with van der Waals surface area (Å²) in [6.07, 6.45) is 0. The fourth-order valence-corrected chi connectivity index (χ4v) is 2.45. The summed E-state index contributed by atoms with van der Waals surface area (Å²) in [4.78, 5) is 13.2. The van der Waals surface area contributed by atoms with Gasteiger partial charge in [-0.25, -0.2) is 0 Å². The number of benzene rings is 1. The van der Waals surface area contributed by atoms with E-state index in [-0.39, 0.29) is 11.3 Å². The van der Waals surface area contributed by atoms with Crippen LogP contribution in [0.2, 0.25) is 0 Å². The van der Waals surface area contributed by atoms with Crippen molar-refractivity contribution in [2.45, 2.75) is 32.7 Å². The Morgan fingerprint density at radius 1 is 1.16 bits per heavy atom. The third kappa shape index (κ3) is 3.67. The summed E-state index contributed by atoms with van der Waals surface area (Å²) in [5, 5.41) is 4.94. The molecule has 1 N–H and O–H groups in total. The van der Waals surface area contributed by atoms with Crippen LogP contribution in [0.3, 0.4) is 0 Å². The predicted molar refractivity (Wildman–Crippen MR) is 80.6 cm³/mol. The van der Waals surface area contributed by atoms with Crippen LogP contribution in [0.25, 0.3) is 0 Å². The lowest BCUT2D eigenvalue weighted by Gasteiger charge is -2.19. The van der Waals surface area contributed by atoms with E-state index in [1.807, 2.05) is 41.8 Å². The normalized spacial score (nSPS) is 11.3. The fourth-order valence-electron chi connectivity index (χ4n) is 1.80. The maximum Gasteiger partial charge on any atom is 0.251 e. The SMILES string of the molecule is CC(C)(C)c1ccc(C(=O)NCc2cccs2)cc1. The van der Waals surface area contributed by atoms with Crippen molar-refractivity contribution < 1.29 is 4.79 Å². The molecule has 2 rings (SSSR count). The highest BCUT2D eigenvalue weighted by atomic mass is 32.1. The van der Waals surface area contributed by atoms with Crippen LogP contribution in [0.5, 0.6) is 0 Å². The molecule has 0 bridgehead atoms. The lowest BCUT2D eigenvalue weighted by Crippen LogP contribution is -2.22. The number of hydrogen-bond acceptors (Lipinski definition) is 2. The van der Waals surface area contributed by atoms with Crippen LogP contribution in [0.1, 0.15) is 41.6 Å². The Hall–Kier alpha value is -1.61. The summed E-state index contributed by atoms with van der Waals surface area (Å²) in [7, 11) is 0. The van der Waals surface area contributed by atoms with Gasteiger partial charge in [-0.1, -0.05) is 39.0 Å². The van der Waals surface area contributed by atoms with E-state index in [0.29, 0.717) is 12.1 Å². The van der Waals surface area contributed by atoms with Gasteiger partial charge >= 0.3 is 0 Å². The average molecular weight is 273 g/mol. The van der Waals surface area contributed by atoms with Gasteiger partial charge in [-0.15, -0.1) is 11.3 Å². The monoisotopic (exact) mass is 273 g/mol. The van der Waals surface area contributed by atoms with Crippen molar-refractivity contribution in [1.29, 1.82) is 0 Å². The molecule has 0 fully saturated rings. The van der Waals surface area contributed by atoms with Crippen molar-refractivity contribution in [3.63, 3.8) is 0 Å². The van der Waals surface area contributed by atoms with Crippen LogP contribution in [0.4, 0.5) is 0 Å². The number of carbonyl (C=O) groups excluding carboxylic acids is 1. The molecule has 1 heterocycles. The molecule has 3 heteroatoms. The molecule has 0 spiro atoms. The zero-order chi connectivity index (χ0) is 13.9. The summed E-state index contributed by atoms with van der Waals surface area (Å²) in [6, 6.07) is 11.9. The maximum absolute atomic E-state index is 12.0. The molecule has 0 atom stereocenters. The summed E-state index contributed by atoms with van der Waals surface area (Å²) in [5.74, 6) is -0.0196. The molecular formula is C16H19NOS. The Kier molecular flexibility index (Phi) is 4.05. The Bertz CT molecular complexity index is 535. The molecule has 0 unspecified atom stereocenters. The van der Waals surface area contributed by atoms with E-state index in [0.717, 1.165) is 0 Å². The summed E-state index contributed by atoms with van der Waals surface area (Å²) >= 11 is 1.65. The van der Waals surface area contributed by atoms with Crippen LogP contribution in [-0.2, 0) is 12.0 Å². The van der Waals surface area contributed by atoms with Crippen LogP contribution < -0.4 is 5.32 Å². The van der Waals surface area contributed by atoms with Gasteiger partial charge in [0.25, 0.3) is 5.91 Å². The average Bonchev–Trinajstić information content (AvgIpc) is 2.88. The van der Waals surface area contributed by atoms with Crippen molar-refractivity contribution in [1.82, 2.24) is 5.32 Å². The number of thiophene rings is 1. The van der Waals surface area contributed by atoms with Gasteiger partial charge < -0.3 is 5.32 Å². The van der Waals surface area contributed by atoms with Crippen molar-refractivity contribution in [2.75, 3.05) is 0 Å². The molecule has 0 saturated heterocycles. The molecule has 0 aliphatic rings. The summed E-state index contributed by atoms with van der Waals surface area (Å²) < 4.78 is 0. The largest absolute Gasteiger partial charge is 0.347 e. The second kappa shape index (κ2) is 5.57. The number of amides is 1. The molecule has 0 aliphatic carbocycles. The Balaban J connectivity index is 2.00. The van der Waals surface area contributed by atoms with E-state index in [9.17, 15) is 4.79 Å². The highest BCUT2D eigenvalue weighted by molar-refractivity contribution is 7.09. The smallest absolute Gasteiger partial charge is 0.251 e. The molecule has 2 nitrogen and oxygen atoms in total. The topological polar surface area (TPSA) is 29.1 Å². The third-order valence-corrected chi connectivity index (χ3v) is 3.89. The summed E-state index contributed by atoms with van der Waals surface area (Å²) in [5.41, 5.74) is 2.07. The van der Waals surface area contributed by atoms with Gasteiger partial charge in [0, 0.05) is 10.4 Å². The van der Waals surface area contributed by atoms with Crippen LogP contribution in [-0.4, -0.2) is 5.91 Å². The third-order valence-electron chi connectivity index (χ3n) is 3.02. The molecule has 1 aromatic carbocycles. The van der Waals surface area contributed by atoms with Gasteiger partial charge in [-0.3, -0.25) is 4.79 Å². The van der Waals surface area contributed by atoms with Crippen LogP contribution >= 0.6 is 11.3 Å². The van der Waals surface area contributed by atoms with Gasteiger partial charge in [0.05, 0.1) is 6.54 Å². The molecular weight excluding hydrogens is 254 g/mol. The van der Waals surface area contributed by atoms with E-state index in [1.54, 1.807) is 11.3 Å². The number of hydrogen-bond donors (Lipinski definition) is 1. The lowest BCUT2D eigenvalue weighted by atomic mass is 9.87. The molecule has 0 radical (unpaired) electrons. The molecule has 0 aliphatic heterocycles. The first kappa shape index (κ1) is 13.8. The zero-order valence-electron chi connectivity index (χ0n) is 11.6. The number of rotatable bonds is 3. The van der Waals surface area contributed by atoms with E-state index >= 15 is 0 Å². The van der Waals surface area contributed by atoms with Gasteiger partial charge in [-0.2, -0.15) is 0 Å². The second-order valence-electron chi connectivity index (χ2n) is 5.59. The van der Waals surface area contributed by atoms with Crippen LogP contribution in [0, 0.1) is 0 Å². The minimum Gasteiger partial charge on any atom is -0.347 e. The molecule has 1 amide bonds. The van der Waals surface area contributed by atoms with E-state index < -0.39 is 0 Å². The van der Waals surface area contributed by atoms with E-state index in [1.165, 1.54) is 10.4 Å². The fraction of sp³-hybridized carbons (Fsp3) is 0.312. The lowest BCUT2D eigenvalue weighted by molar-refractivity contribution is 0.0951. The Morgan fingerprint density at radius 3 is 2.37 bits per heavy atom. The van der Waals surface area contributed by atoms with Crippen molar-refractivity contribution in [3.05, 3.63) is 57.8 Å². The van der Waals surface area contributed by atoms with Crippen molar-refractivity contribution in [3.8, 4) is 0 Å². The second-order valence-corrected chi connectivity index (χ2v) is 6.62. The first-order valence-corrected chi connectivity index (χ1v) is 7.26. The van der Waals surface area contributed by atoms with Gasteiger partial charge in [-0.05, 0) is 34.6 Å². The zero-order valence-corrected chi connectivity index (χ0v) is 12.4. The number of carbonyl (C=O) groups is 1. The molecule has 1 aromatic heterocycles. The Labute approximate surface area is 118 Å². The first-order valence-electron chi connectivity index (χ1n) is 6.38. The maximum atomic E-state index is 12.0.